The zero-order valence-corrected chi connectivity index (χ0v) is 12.0. The lowest BCUT2D eigenvalue weighted by molar-refractivity contribution is 0.271. The number of aliphatic hydroxyl groups is 1. The van der Waals surface area contributed by atoms with Gasteiger partial charge in [-0.2, -0.15) is 0 Å². The van der Waals surface area contributed by atoms with Crippen molar-refractivity contribution in [3.63, 3.8) is 0 Å². The molecule has 0 aromatic carbocycles. The quantitative estimate of drug-likeness (QED) is 0.831. The molecule has 0 unspecified atom stereocenters. The molecule has 2 aromatic heterocycles. The standard InChI is InChI=1S/C11H15N3O3S2/c1-2-14-6-11(3-9(14)7-15)19(16,17)13-5-10-4-12-8-18-10/h3-4,6,8,13,15H,2,5,7H2,1H3. The van der Waals surface area contributed by atoms with E-state index in [1.807, 2.05) is 6.92 Å². The molecule has 2 N–H and O–H groups in total. The number of thiazole rings is 1. The van der Waals surface area contributed by atoms with Crippen LogP contribution in [-0.2, 0) is 29.7 Å². The Morgan fingerprint density at radius 2 is 2.32 bits per heavy atom. The normalized spacial score (nSPS) is 11.9. The number of nitrogens with zero attached hydrogens (tertiary/aromatic N) is 2. The molecule has 0 saturated heterocycles. The molecule has 0 saturated carbocycles. The van der Waals surface area contributed by atoms with E-state index in [0.29, 0.717) is 12.2 Å². The van der Waals surface area contributed by atoms with E-state index in [1.165, 1.54) is 23.6 Å². The van der Waals surface area contributed by atoms with Crippen molar-refractivity contribution in [3.05, 3.63) is 34.5 Å². The maximum Gasteiger partial charge on any atom is 0.242 e. The van der Waals surface area contributed by atoms with Gasteiger partial charge in [0.1, 0.15) is 0 Å². The molecule has 19 heavy (non-hydrogen) atoms. The molecule has 0 aliphatic carbocycles. The van der Waals surface area contributed by atoms with Crippen LogP contribution >= 0.6 is 11.3 Å². The van der Waals surface area contributed by atoms with Gasteiger partial charge in [-0.3, -0.25) is 4.98 Å². The Kier molecular flexibility index (Phi) is 4.35. The minimum atomic E-state index is -3.56. The van der Waals surface area contributed by atoms with Gasteiger partial charge in [-0.15, -0.1) is 11.3 Å². The predicted octanol–water partition coefficient (Wildman–Crippen LogP) is 0.935. The van der Waals surface area contributed by atoms with Crippen LogP contribution < -0.4 is 4.72 Å². The predicted molar refractivity (Wildman–Crippen MR) is 72.2 cm³/mol. The highest BCUT2D eigenvalue weighted by atomic mass is 32.2. The van der Waals surface area contributed by atoms with Crippen LogP contribution in [0.4, 0.5) is 0 Å². The Bertz CT molecular complexity index is 611. The maximum absolute atomic E-state index is 12.1. The van der Waals surface area contributed by atoms with E-state index in [9.17, 15) is 8.42 Å². The van der Waals surface area contributed by atoms with Crippen molar-refractivity contribution in [1.82, 2.24) is 14.3 Å². The number of hydrogen-bond acceptors (Lipinski definition) is 5. The van der Waals surface area contributed by atoms with Crippen molar-refractivity contribution < 1.29 is 13.5 Å². The molecule has 104 valence electrons. The summed E-state index contributed by atoms with van der Waals surface area (Å²) in [7, 11) is -3.56. The summed E-state index contributed by atoms with van der Waals surface area (Å²) in [5, 5.41) is 9.17. The van der Waals surface area contributed by atoms with Crippen molar-refractivity contribution >= 4 is 21.4 Å². The Hall–Kier alpha value is -1.22. The number of nitrogens with one attached hydrogen (secondary N) is 1. The topological polar surface area (TPSA) is 84.2 Å². The SMILES string of the molecule is CCn1cc(S(=O)(=O)NCc2cncs2)cc1CO. The van der Waals surface area contributed by atoms with E-state index >= 15 is 0 Å². The van der Waals surface area contributed by atoms with E-state index in [0.717, 1.165) is 4.88 Å². The summed E-state index contributed by atoms with van der Waals surface area (Å²) in [5.41, 5.74) is 2.24. The second-order valence-corrected chi connectivity index (χ2v) is 6.64. The minimum Gasteiger partial charge on any atom is -0.390 e. The number of aromatic nitrogens is 2. The molecule has 8 heteroatoms. The minimum absolute atomic E-state index is 0.169. The van der Waals surface area contributed by atoms with E-state index < -0.39 is 10.0 Å². The smallest absolute Gasteiger partial charge is 0.242 e. The van der Waals surface area contributed by atoms with E-state index in [2.05, 4.69) is 9.71 Å². The fourth-order valence-electron chi connectivity index (χ4n) is 1.68. The number of sulfonamides is 1. The number of aliphatic hydroxyl groups excluding tert-OH is 1. The molecule has 0 amide bonds. The average molecular weight is 301 g/mol. The van der Waals surface area contributed by atoms with Crippen LogP contribution in [0.2, 0.25) is 0 Å². The molecule has 0 aliphatic heterocycles. The van der Waals surface area contributed by atoms with Gasteiger partial charge in [0.2, 0.25) is 10.0 Å². The van der Waals surface area contributed by atoms with Gasteiger partial charge in [0, 0.05) is 36.1 Å². The van der Waals surface area contributed by atoms with Crippen LogP contribution in [0.15, 0.2) is 28.9 Å². The molecular formula is C11H15N3O3S2. The lowest BCUT2D eigenvalue weighted by atomic mass is 10.4. The molecule has 2 aromatic rings. The van der Waals surface area contributed by atoms with Crippen molar-refractivity contribution in [2.45, 2.75) is 31.5 Å². The average Bonchev–Trinajstić information content (AvgIpc) is 3.05. The van der Waals surface area contributed by atoms with Gasteiger partial charge in [-0.25, -0.2) is 13.1 Å². The first-order valence-corrected chi connectivity index (χ1v) is 8.10. The Morgan fingerprint density at radius 1 is 1.53 bits per heavy atom. The summed E-state index contributed by atoms with van der Waals surface area (Å²) in [6.07, 6.45) is 3.16. The molecule has 0 atom stereocenters. The highest BCUT2D eigenvalue weighted by Crippen LogP contribution is 2.15. The summed E-state index contributed by atoms with van der Waals surface area (Å²) in [5.74, 6) is 0. The second-order valence-electron chi connectivity index (χ2n) is 3.90. The zero-order chi connectivity index (χ0) is 13.9. The third-order valence-electron chi connectivity index (χ3n) is 2.69. The lowest BCUT2D eigenvalue weighted by Crippen LogP contribution is -2.22. The van der Waals surface area contributed by atoms with Crippen LogP contribution in [0.3, 0.4) is 0 Å². The van der Waals surface area contributed by atoms with E-state index in [1.54, 1.807) is 16.3 Å². The first-order chi connectivity index (χ1) is 9.06. The van der Waals surface area contributed by atoms with Gasteiger partial charge in [0.15, 0.2) is 0 Å². The third-order valence-corrected chi connectivity index (χ3v) is 4.84. The molecule has 0 spiro atoms. The van der Waals surface area contributed by atoms with Crippen LogP contribution in [0.5, 0.6) is 0 Å². The van der Waals surface area contributed by atoms with Gasteiger partial charge in [0.25, 0.3) is 0 Å². The largest absolute Gasteiger partial charge is 0.390 e. The Balaban J connectivity index is 2.17. The summed E-state index contributed by atoms with van der Waals surface area (Å²) in [6.45, 7) is 2.54. The third kappa shape index (κ3) is 3.21. The second kappa shape index (κ2) is 5.83. The maximum atomic E-state index is 12.1. The molecule has 0 radical (unpaired) electrons. The summed E-state index contributed by atoms with van der Waals surface area (Å²) in [6, 6.07) is 1.48. The van der Waals surface area contributed by atoms with Crippen LogP contribution in [0.25, 0.3) is 0 Å². The van der Waals surface area contributed by atoms with Crippen LogP contribution in [0.1, 0.15) is 17.5 Å². The first-order valence-electron chi connectivity index (χ1n) is 5.73. The summed E-state index contributed by atoms with van der Waals surface area (Å²) >= 11 is 1.39. The Labute approximate surface area is 115 Å². The summed E-state index contributed by atoms with van der Waals surface area (Å²) in [4.78, 5) is 4.90. The number of hydrogen-bond donors (Lipinski definition) is 2. The molecular weight excluding hydrogens is 286 g/mol. The fraction of sp³-hybridized carbons (Fsp3) is 0.364. The van der Waals surface area contributed by atoms with Crippen LogP contribution in [0, 0.1) is 0 Å². The lowest BCUT2D eigenvalue weighted by Gasteiger charge is -2.02. The fourth-order valence-corrected chi connectivity index (χ4v) is 3.37. The molecule has 2 heterocycles. The van der Waals surface area contributed by atoms with E-state index in [-0.39, 0.29) is 18.0 Å². The van der Waals surface area contributed by atoms with Crippen molar-refractivity contribution in [1.29, 1.82) is 0 Å². The van der Waals surface area contributed by atoms with Gasteiger partial charge < -0.3 is 9.67 Å². The van der Waals surface area contributed by atoms with Crippen molar-refractivity contribution in [2.75, 3.05) is 0 Å². The Morgan fingerprint density at radius 3 is 2.84 bits per heavy atom. The molecule has 0 fully saturated rings. The van der Waals surface area contributed by atoms with Crippen LogP contribution in [-0.4, -0.2) is 23.1 Å². The monoisotopic (exact) mass is 301 g/mol. The molecule has 6 nitrogen and oxygen atoms in total. The van der Waals surface area contributed by atoms with Gasteiger partial charge in [0.05, 0.1) is 17.0 Å². The highest BCUT2D eigenvalue weighted by molar-refractivity contribution is 7.89. The molecule has 0 bridgehead atoms. The summed E-state index contributed by atoms with van der Waals surface area (Å²) < 4.78 is 28.4. The number of aryl methyl sites for hydroxylation is 1. The number of rotatable bonds is 6. The van der Waals surface area contributed by atoms with Crippen molar-refractivity contribution in [3.8, 4) is 0 Å². The molecule has 0 aliphatic rings. The van der Waals surface area contributed by atoms with Gasteiger partial charge >= 0.3 is 0 Å². The van der Waals surface area contributed by atoms with Gasteiger partial charge in [-0.05, 0) is 13.0 Å². The van der Waals surface area contributed by atoms with Gasteiger partial charge in [-0.1, -0.05) is 0 Å². The zero-order valence-electron chi connectivity index (χ0n) is 10.4. The highest BCUT2D eigenvalue weighted by Gasteiger charge is 2.17. The van der Waals surface area contributed by atoms with E-state index in [4.69, 9.17) is 5.11 Å². The molecule has 2 rings (SSSR count). The first kappa shape index (κ1) is 14.2. The van der Waals surface area contributed by atoms with Crippen molar-refractivity contribution in [2.24, 2.45) is 0 Å².